The summed E-state index contributed by atoms with van der Waals surface area (Å²) in [6.45, 7) is 2.66. The Labute approximate surface area is 170 Å². The van der Waals surface area contributed by atoms with Gasteiger partial charge >= 0.3 is 6.18 Å². The van der Waals surface area contributed by atoms with Crippen LogP contribution in [0.3, 0.4) is 0 Å². The number of carbonyl (C=O) groups excluding carboxylic acids is 1. The second-order valence-electron chi connectivity index (χ2n) is 7.52. The van der Waals surface area contributed by atoms with Crippen molar-refractivity contribution in [2.24, 2.45) is 0 Å². The molecule has 1 spiro atoms. The minimum absolute atomic E-state index is 0.0222. The Balaban J connectivity index is 1.86. The highest BCUT2D eigenvalue weighted by Gasteiger charge is 2.49. The number of aliphatic hydroxyl groups is 1. The number of benzene rings is 1. The van der Waals surface area contributed by atoms with Crippen LogP contribution in [0.15, 0.2) is 22.4 Å². The lowest BCUT2D eigenvalue weighted by Crippen LogP contribution is -2.48. The number of halogens is 4. The van der Waals surface area contributed by atoms with E-state index < -0.39 is 24.4 Å². The molecule has 0 unspecified atom stereocenters. The maximum atomic E-state index is 12.8. The number of nitrogens with one attached hydrogen (secondary N) is 1. The van der Waals surface area contributed by atoms with Crippen LogP contribution in [0.5, 0.6) is 0 Å². The summed E-state index contributed by atoms with van der Waals surface area (Å²) in [5.41, 5.74) is 1.99. The van der Waals surface area contributed by atoms with Gasteiger partial charge in [-0.3, -0.25) is 4.79 Å². The van der Waals surface area contributed by atoms with E-state index in [2.05, 4.69) is 21.2 Å². The number of hydrogen-bond acceptors (Lipinski definition) is 3. The zero-order valence-electron chi connectivity index (χ0n) is 15.8. The summed E-state index contributed by atoms with van der Waals surface area (Å²) >= 11 is 3.51. The minimum Gasteiger partial charge on any atom is -0.509 e. The van der Waals surface area contributed by atoms with Gasteiger partial charge in [0.15, 0.2) is 0 Å². The van der Waals surface area contributed by atoms with Crippen LogP contribution in [-0.4, -0.2) is 35.4 Å². The lowest BCUT2D eigenvalue weighted by Gasteiger charge is -2.37. The van der Waals surface area contributed by atoms with E-state index >= 15 is 0 Å². The Morgan fingerprint density at radius 3 is 2.54 bits per heavy atom. The highest BCUT2D eigenvalue weighted by atomic mass is 79.9. The van der Waals surface area contributed by atoms with Gasteiger partial charge in [-0.25, -0.2) is 0 Å². The molecule has 0 saturated heterocycles. The molecule has 2 aliphatic rings. The van der Waals surface area contributed by atoms with Crippen molar-refractivity contribution < 1.29 is 27.8 Å². The molecule has 1 aliphatic carbocycles. The molecular weight excluding hydrogens is 439 g/mol. The van der Waals surface area contributed by atoms with E-state index in [4.69, 9.17) is 4.74 Å². The molecule has 0 radical (unpaired) electrons. The van der Waals surface area contributed by atoms with Crippen molar-refractivity contribution in [1.29, 1.82) is 0 Å². The average Bonchev–Trinajstić information content (AvgIpc) is 2.84. The number of ether oxygens (including phenoxy) is 1. The van der Waals surface area contributed by atoms with E-state index in [1.165, 1.54) is 0 Å². The molecule has 1 aliphatic heterocycles. The Morgan fingerprint density at radius 2 is 1.96 bits per heavy atom. The van der Waals surface area contributed by atoms with Crippen LogP contribution in [0.1, 0.15) is 49.3 Å². The number of alkyl halides is 3. The standard InChI is InChI=1S/C20H23BrF3NO3/c1-3-12-8-11(2)9-14(21)15(12)16-17(26)19(25-18(16)27)6-4-13(5-7-19)28-10-20(22,23)24/h8-9,13,26H,3-7,10H2,1-2H3,(H,25,27). The number of carbonyl (C=O) groups is 1. The minimum atomic E-state index is -4.36. The number of aryl methyl sites for hydroxylation is 2. The van der Waals surface area contributed by atoms with Crippen molar-refractivity contribution >= 4 is 27.4 Å². The van der Waals surface area contributed by atoms with Gasteiger partial charge in [0.05, 0.1) is 17.2 Å². The van der Waals surface area contributed by atoms with E-state index in [1.54, 1.807) is 0 Å². The summed E-state index contributed by atoms with van der Waals surface area (Å²) in [4.78, 5) is 12.8. The first-order valence-electron chi connectivity index (χ1n) is 9.30. The molecule has 154 valence electrons. The molecule has 1 fully saturated rings. The van der Waals surface area contributed by atoms with Gasteiger partial charge in [0, 0.05) is 10.0 Å². The first-order chi connectivity index (χ1) is 13.1. The van der Waals surface area contributed by atoms with Crippen molar-refractivity contribution in [1.82, 2.24) is 5.32 Å². The van der Waals surface area contributed by atoms with E-state index in [0.29, 0.717) is 37.7 Å². The van der Waals surface area contributed by atoms with Crippen LogP contribution in [0, 0.1) is 6.92 Å². The molecule has 0 atom stereocenters. The van der Waals surface area contributed by atoms with Gasteiger partial charge in [-0.15, -0.1) is 0 Å². The molecule has 8 heteroatoms. The summed E-state index contributed by atoms with van der Waals surface area (Å²) in [5, 5.41) is 13.9. The predicted octanol–water partition coefficient (Wildman–Crippen LogP) is 4.98. The number of rotatable bonds is 4. The third-order valence-electron chi connectivity index (χ3n) is 5.49. The average molecular weight is 462 g/mol. The van der Waals surface area contributed by atoms with Gasteiger partial charge in [0.25, 0.3) is 5.91 Å². The Morgan fingerprint density at radius 1 is 1.32 bits per heavy atom. The van der Waals surface area contributed by atoms with Gasteiger partial charge in [-0.05, 0) is 56.2 Å². The maximum absolute atomic E-state index is 12.8. The topological polar surface area (TPSA) is 58.6 Å². The van der Waals surface area contributed by atoms with Gasteiger partial charge in [0.1, 0.15) is 12.4 Å². The molecule has 3 rings (SSSR count). The molecule has 1 aromatic rings. The first-order valence-corrected chi connectivity index (χ1v) is 10.1. The molecule has 4 nitrogen and oxygen atoms in total. The SMILES string of the molecule is CCc1cc(C)cc(Br)c1C1=C(O)C2(CCC(OCC(F)(F)F)CC2)NC1=O. The zero-order chi connectivity index (χ0) is 20.7. The third-order valence-corrected chi connectivity index (χ3v) is 6.11. The molecule has 0 bridgehead atoms. The van der Waals surface area contributed by atoms with Crippen molar-refractivity contribution in [2.75, 3.05) is 6.61 Å². The summed E-state index contributed by atoms with van der Waals surface area (Å²) in [6.07, 6.45) is -2.85. The van der Waals surface area contributed by atoms with E-state index in [1.807, 2.05) is 26.0 Å². The van der Waals surface area contributed by atoms with Crippen LogP contribution < -0.4 is 5.32 Å². The second-order valence-corrected chi connectivity index (χ2v) is 8.37. The monoisotopic (exact) mass is 461 g/mol. The number of amides is 1. The number of hydrogen-bond donors (Lipinski definition) is 2. The molecule has 1 heterocycles. The summed E-state index contributed by atoms with van der Waals surface area (Å²) in [5.74, 6) is -0.377. The lowest BCUT2D eigenvalue weighted by molar-refractivity contribution is -0.188. The molecule has 28 heavy (non-hydrogen) atoms. The van der Waals surface area contributed by atoms with Gasteiger partial charge in [-0.1, -0.05) is 28.9 Å². The van der Waals surface area contributed by atoms with Crippen molar-refractivity contribution in [3.63, 3.8) is 0 Å². The van der Waals surface area contributed by atoms with Crippen LogP contribution in [0.25, 0.3) is 5.57 Å². The van der Waals surface area contributed by atoms with E-state index in [9.17, 15) is 23.1 Å². The molecule has 1 amide bonds. The van der Waals surface area contributed by atoms with Gasteiger partial charge in [-0.2, -0.15) is 13.2 Å². The lowest BCUT2D eigenvalue weighted by atomic mass is 9.79. The summed E-state index contributed by atoms with van der Waals surface area (Å²) < 4.78 is 42.8. The number of aliphatic hydroxyl groups excluding tert-OH is 1. The van der Waals surface area contributed by atoms with Crippen LogP contribution in [-0.2, 0) is 16.0 Å². The maximum Gasteiger partial charge on any atom is 0.411 e. The Bertz CT molecular complexity index is 812. The fourth-order valence-electron chi connectivity index (χ4n) is 4.12. The van der Waals surface area contributed by atoms with Crippen molar-refractivity contribution in [3.05, 3.63) is 39.1 Å². The Kier molecular flexibility index (Phi) is 5.83. The van der Waals surface area contributed by atoms with E-state index in [-0.39, 0.29) is 17.2 Å². The van der Waals surface area contributed by atoms with Gasteiger partial charge in [0.2, 0.25) is 0 Å². The van der Waals surface area contributed by atoms with E-state index in [0.717, 1.165) is 15.6 Å². The fourth-order valence-corrected chi connectivity index (χ4v) is 4.93. The Hall–Kier alpha value is -1.54. The fraction of sp³-hybridized carbons (Fsp3) is 0.550. The van der Waals surface area contributed by atoms with Crippen LogP contribution in [0.4, 0.5) is 13.2 Å². The highest BCUT2D eigenvalue weighted by molar-refractivity contribution is 9.10. The molecule has 1 saturated carbocycles. The smallest absolute Gasteiger partial charge is 0.411 e. The second kappa shape index (κ2) is 7.71. The molecular formula is C20H23BrF3NO3. The van der Waals surface area contributed by atoms with Crippen LogP contribution >= 0.6 is 15.9 Å². The highest BCUT2D eigenvalue weighted by Crippen LogP contribution is 2.44. The van der Waals surface area contributed by atoms with Crippen LogP contribution in [0.2, 0.25) is 0 Å². The third kappa shape index (κ3) is 4.08. The quantitative estimate of drug-likeness (QED) is 0.664. The zero-order valence-corrected chi connectivity index (χ0v) is 17.3. The predicted molar refractivity (Wildman–Crippen MR) is 103 cm³/mol. The molecule has 1 aromatic carbocycles. The van der Waals surface area contributed by atoms with Crippen molar-refractivity contribution in [3.8, 4) is 0 Å². The normalized spacial score (nSPS) is 25.5. The first kappa shape index (κ1) is 21.2. The summed E-state index contributed by atoms with van der Waals surface area (Å²) in [6, 6.07) is 3.88. The summed E-state index contributed by atoms with van der Waals surface area (Å²) in [7, 11) is 0. The van der Waals surface area contributed by atoms with Gasteiger partial charge < -0.3 is 15.2 Å². The largest absolute Gasteiger partial charge is 0.509 e. The molecule has 2 N–H and O–H groups in total. The van der Waals surface area contributed by atoms with Crippen molar-refractivity contribution in [2.45, 2.75) is 63.8 Å². The molecule has 0 aromatic heterocycles.